The molecule has 1 unspecified atom stereocenters. The van der Waals surface area contributed by atoms with Gasteiger partial charge < -0.3 is 10.1 Å². The van der Waals surface area contributed by atoms with Gasteiger partial charge in [-0.15, -0.1) is 0 Å². The second-order valence-electron chi connectivity index (χ2n) is 8.15. The van der Waals surface area contributed by atoms with E-state index in [-0.39, 0.29) is 12.3 Å². The number of amides is 1. The van der Waals surface area contributed by atoms with Crippen molar-refractivity contribution in [2.45, 2.75) is 84.0 Å². The Balaban J connectivity index is 2.06. The van der Waals surface area contributed by atoms with Gasteiger partial charge in [-0.1, -0.05) is 43.5 Å². The van der Waals surface area contributed by atoms with Crippen LogP contribution in [0.5, 0.6) is 0 Å². The first kappa shape index (κ1) is 19.8. The fourth-order valence-electron chi connectivity index (χ4n) is 3.36. The summed E-state index contributed by atoms with van der Waals surface area (Å²) in [6, 6.07) is 8.79. The molecule has 0 aromatic heterocycles. The first-order valence-electron chi connectivity index (χ1n) is 9.56. The molecule has 1 aromatic carbocycles. The van der Waals surface area contributed by atoms with Crippen LogP contribution >= 0.6 is 0 Å². The number of nitrogens with zero attached hydrogens (tertiary/aromatic N) is 1. The second-order valence-corrected chi connectivity index (χ2v) is 8.15. The minimum atomic E-state index is -0.492. The van der Waals surface area contributed by atoms with E-state index in [4.69, 9.17) is 4.74 Å². The molecule has 2 rings (SSSR count). The molecule has 0 aliphatic heterocycles. The van der Waals surface area contributed by atoms with Crippen LogP contribution in [0.15, 0.2) is 24.3 Å². The molecule has 0 saturated heterocycles. The Kier molecular flexibility index (Phi) is 6.88. The first-order valence-corrected chi connectivity index (χ1v) is 9.56. The van der Waals surface area contributed by atoms with Gasteiger partial charge in [-0.2, -0.15) is 0 Å². The molecule has 0 radical (unpaired) electrons. The zero-order valence-electron chi connectivity index (χ0n) is 16.5. The Bertz CT molecular complexity index is 542. The third-order valence-electron chi connectivity index (χ3n) is 4.92. The average Bonchev–Trinajstić information content (AvgIpc) is 2.58. The van der Waals surface area contributed by atoms with Gasteiger partial charge in [-0.3, -0.25) is 4.90 Å². The third kappa shape index (κ3) is 6.03. The molecular formula is C21H34N2O2. The molecule has 25 heavy (non-hydrogen) atoms. The van der Waals surface area contributed by atoms with Crippen molar-refractivity contribution in [2.24, 2.45) is 0 Å². The molecule has 0 bridgehead atoms. The standard InChI is InChI=1S/C21H34N2O2/c1-16(22-5)23(20(24)25-21(2,3)4)15-17-11-13-19(14-12-17)18-9-7-6-8-10-18/h11-14,16,18,22H,6-10,15H2,1-5H3. The van der Waals surface area contributed by atoms with Crippen molar-refractivity contribution >= 4 is 6.09 Å². The van der Waals surface area contributed by atoms with Gasteiger partial charge in [0.25, 0.3) is 0 Å². The number of benzene rings is 1. The van der Waals surface area contributed by atoms with Crippen LogP contribution < -0.4 is 5.32 Å². The lowest BCUT2D eigenvalue weighted by molar-refractivity contribution is 0.0130. The van der Waals surface area contributed by atoms with Gasteiger partial charge in [0, 0.05) is 0 Å². The first-order chi connectivity index (χ1) is 11.8. The lowest BCUT2D eigenvalue weighted by atomic mass is 9.84. The maximum atomic E-state index is 12.5. The second kappa shape index (κ2) is 8.70. The van der Waals surface area contributed by atoms with E-state index in [1.165, 1.54) is 37.7 Å². The highest BCUT2D eigenvalue weighted by molar-refractivity contribution is 5.68. The SMILES string of the molecule is CNC(C)N(Cc1ccc(C2CCCCC2)cc1)C(=O)OC(C)(C)C. The fraction of sp³-hybridized carbons (Fsp3) is 0.667. The smallest absolute Gasteiger partial charge is 0.411 e. The fourth-order valence-corrected chi connectivity index (χ4v) is 3.36. The highest BCUT2D eigenvalue weighted by Crippen LogP contribution is 2.32. The molecule has 4 heteroatoms. The van der Waals surface area contributed by atoms with E-state index >= 15 is 0 Å². The van der Waals surface area contributed by atoms with E-state index in [9.17, 15) is 4.79 Å². The Morgan fingerprint density at radius 1 is 1.20 bits per heavy atom. The van der Waals surface area contributed by atoms with Gasteiger partial charge in [0.1, 0.15) is 5.60 Å². The van der Waals surface area contributed by atoms with Gasteiger partial charge >= 0.3 is 6.09 Å². The molecule has 140 valence electrons. The summed E-state index contributed by atoms with van der Waals surface area (Å²) in [6.45, 7) is 8.20. The third-order valence-corrected chi connectivity index (χ3v) is 4.92. The number of rotatable bonds is 5. The van der Waals surface area contributed by atoms with E-state index in [0.29, 0.717) is 12.5 Å². The maximum absolute atomic E-state index is 12.5. The molecule has 1 saturated carbocycles. The molecule has 1 N–H and O–H groups in total. The molecule has 1 atom stereocenters. The molecule has 0 heterocycles. The summed E-state index contributed by atoms with van der Waals surface area (Å²) in [5.41, 5.74) is 2.08. The van der Waals surface area contributed by atoms with Crippen molar-refractivity contribution in [3.8, 4) is 0 Å². The van der Waals surface area contributed by atoms with Crippen molar-refractivity contribution < 1.29 is 9.53 Å². The van der Waals surface area contributed by atoms with Crippen LogP contribution in [-0.2, 0) is 11.3 Å². The Labute approximate surface area is 152 Å². The van der Waals surface area contributed by atoms with Crippen molar-refractivity contribution in [1.29, 1.82) is 0 Å². The zero-order chi connectivity index (χ0) is 18.4. The predicted octanol–water partition coefficient (Wildman–Crippen LogP) is 5.04. The summed E-state index contributed by atoms with van der Waals surface area (Å²) in [7, 11) is 1.86. The van der Waals surface area contributed by atoms with Crippen LogP contribution in [0.1, 0.15) is 76.8 Å². The van der Waals surface area contributed by atoms with Gasteiger partial charge in [0.05, 0.1) is 12.7 Å². The topological polar surface area (TPSA) is 41.6 Å². The van der Waals surface area contributed by atoms with Gasteiger partial charge in [0.15, 0.2) is 0 Å². The average molecular weight is 347 g/mol. The highest BCUT2D eigenvalue weighted by atomic mass is 16.6. The summed E-state index contributed by atoms with van der Waals surface area (Å²) < 4.78 is 5.56. The van der Waals surface area contributed by atoms with Crippen LogP contribution in [0.25, 0.3) is 0 Å². The summed E-state index contributed by atoms with van der Waals surface area (Å²) in [4.78, 5) is 14.3. The van der Waals surface area contributed by atoms with Crippen molar-refractivity contribution in [3.05, 3.63) is 35.4 Å². The quantitative estimate of drug-likeness (QED) is 0.760. The highest BCUT2D eigenvalue weighted by Gasteiger charge is 2.25. The Hall–Kier alpha value is -1.55. The number of hydrogen-bond donors (Lipinski definition) is 1. The minimum Gasteiger partial charge on any atom is -0.444 e. The zero-order valence-corrected chi connectivity index (χ0v) is 16.5. The van der Waals surface area contributed by atoms with Crippen LogP contribution in [0.3, 0.4) is 0 Å². The summed E-state index contributed by atoms with van der Waals surface area (Å²) in [5, 5.41) is 3.14. The molecular weight excluding hydrogens is 312 g/mol. The lowest BCUT2D eigenvalue weighted by Gasteiger charge is -2.31. The summed E-state index contributed by atoms with van der Waals surface area (Å²) in [5.74, 6) is 0.709. The summed E-state index contributed by atoms with van der Waals surface area (Å²) >= 11 is 0. The van der Waals surface area contributed by atoms with Crippen LogP contribution in [0.2, 0.25) is 0 Å². The normalized spacial score (nSPS) is 17.2. The number of carbonyl (C=O) groups excluding carboxylic acids is 1. The molecule has 1 aliphatic carbocycles. The van der Waals surface area contributed by atoms with Crippen LogP contribution in [-0.4, -0.2) is 29.8 Å². The number of ether oxygens (including phenoxy) is 1. The summed E-state index contributed by atoms with van der Waals surface area (Å²) in [6.07, 6.45) is 6.30. The van der Waals surface area contributed by atoms with E-state index in [1.54, 1.807) is 4.90 Å². The van der Waals surface area contributed by atoms with Crippen molar-refractivity contribution in [3.63, 3.8) is 0 Å². The van der Waals surface area contributed by atoms with E-state index < -0.39 is 5.60 Å². The van der Waals surface area contributed by atoms with Gasteiger partial charge in [-0.05, 0) is 64.6 Å². The van der Waals surface area contributed by atoms with E-state index in [0.717, 1.165) is 5.56 Å². The number of hydrogen-bond acceptors (Lipinski definition) is 3. The number of nitrogens with one attached hydrogen (secondary N) is 1. The minimum absolute atomic E-state index is 0.0899. The molecule has 4 nitrogen and oxygen atoms in total. The molecule has 1 aromatic rings. The largest absolute Gasteiger partial charge is 0.444 e. The lowest BCUT2D eigenvalue weighted by Crippen LogP contribution is -2.47. The Morgan fingerprint density at radius 3 is 2.32 bits per heavy atom. The molecule has 1 aliphatic rings. The van der Waals surface area contributed by atoms with Crippen molar-refractivity contribution in [1.82, 2.24) is 10.2 Å². The monoisotopic (exact) mass is 346 g/mol. The predicted molar refractivity (Wildman–Crippen MR) is 103 cm³/mol. The van der Waals surface area contributed by atoms with Gasteiger partial charge in [0.2, 0.25) is 0 Å². The van der Waals surface area contributed by atoms with E-state index in [1.807, 2.05) is 34.7 Å². The van der Waals surface area contributed by atoms with E-state index in [2.05, 4.69) is 29.6 Å². The molecule has 1 fully saturated rings. The van der Waals surface area contributed by atoms with Crippen LogP contribution in [0.4, 0.5) is 4.79 Å². The van der Waals surface area contributed by atoms with Crippen molar-refractivity contribution in [2.75, 3.05) is 7.05 Å². The number of carbonyl (C=O) groups is 1. The molecule has 0 spiro atoms. The Morgan fingerprint density at radius 2 is 1.80 bits per heavy atom. The van der Waals surface area contributed by atoms with Gasteiger partial charge in [-0.25, -0.2) is 4.79 Å². The van der Waals surface area contributed by atoms with Crippen LogP contribution in [0, 0.1) is 0 Å². The maximum Gasteiger partial charge on any atom is 0.411 e. The molecule has 1 amide bonds.